The number of halogens is 6. The van der Waals surface area contributed by atoms with Crippen molar-refractivity contribution in [2.75, 3.05) is 11.4 Å². The Morgan fingerprint density at radius 1 is 1.00 bits per heavy atom. The van der Waals surface area contributed by atoms with E-state index in [-0.39, 0.29) is 25.3 Å². The summed E-state index contributed by atoms with van der Waals surface area (Å²) in [6, 6.07) is 12.7. The first-order valence-corrected chi connectivity index (χ1v) is 8.85. The number of nitrogens with zero attached hydrogens (tertiary/aromatic N) is 1. The molecule has 0 saturated heterocycles. The number of rotatable bonds is 8. The highest BCUT2D eigenvalue weighted by Gasteiger charge is 2.37. The number of alkyl halides is 6. The van der Waals surface area contributed by atoms with E-state index in [0.717, 1.165) is 5.56 Å². The molecule has 0 amide bonds. The number of benzene rings is 2. The quantitative estimate of drug-likeness (QED) is 0.563. The van der Waals surface area contributed by atoms with E-state index in [4.69, 9.17) is 0 Å². The van der Waals surface area contributed by atoms with E-state index in [9.17, 15) is 31.4 Å². The Balaban J connectivity index is 2.15. The van der Waals surface area contributed by atoms with Gasteiger partial charge in [-0.15, -0.1) is 13.2 Å². The lowest BCUT2D eigenvalue weighted by Gasteiger charge is -2.26. The van der Waals surface area contributed by atoms with Crippen molar-refractivity contribution in [1.82, 2.24) is 0 Å². The van der Waals surface area contributed by atoms with E-state index >= 15 is 0 Å². The zero-order valence-corrected chi connectivity index (χ0v) is 15.6. The van der Waals surface area contributed by atoms with Gasteiger partial charge in [0, 0.05) is 18.8 Å². The normalized spacial score (nSPS) is 13.2. The van der Waals surface area contributed by atoms with Gasteiger partial charge in [-0.25, -0.2) is 0 Å². The lowest BCUT2D eigenvalue weighted by atomic mass is 10.1. The zero-order valence-electron chi connectivity index (χ0n) is 15.6. The first-order valence-electron chi connectivity index (χ1n) is 8.85. The lowest BCUT2D eigenvalue weighted by Crippen LogP contribution is -2.30. The first kappa shape index (κ1) is 22.9. The summed E-state index contributed by atoms with van der Waals surface area (Å²) in [7, 11) is 0. The second-order valence-electron chi connectivity index (χ2n) is 6.66. The monoisotopic (exact) mass is 421 g/mol. The Bertz CT molecular complexity index is 791. The molecule has 1 atom stereocenters. The summed E-state index contributed by atoms with van der Waals surface area (Å²) in [5.41, 5.74) is 2.15. The summed E-state index contributed by atoms with van der Waals surface area (Å²) in [4.78, 5) is 1.75. The van der Waals surface area contributed by atoms with Crippen LogP contribution in [-0.4, -0.2) is 30.3 Å². The highest BCUT2D eigenvalue weighted by molar-refractivity contribution is 5.49. The van der Waals surface area contributed by atoms with Crippen molar-refractivity contribution in [3.63, 3.8) is 0 Å². The van der Waals surface area contributed by atoms with Crippen molar-refractivity contribution in [1.29, 1.82) is 0 Å². The van der Waals surface area contributed by atoms with Crippen LogP contribution in [0.3, 0.4) is 0 Å². The van der Waals surface area contributed by atoms with Crippen LogP contribution in [-0.2, 0) is 6.54 Å². The molecule has 2 aromatic rings. The molecule has 3 nitrogen and oxygen atoms in total. The van der Waals surface area contributed by atoms with Crippen molar-refractivity contribution >= 4 is 5.69 Å². The van der Waals surface area contributed by atoms with Crippen molar-refractivity contribution < 1.29 is 36.2 Å². The number of anilines is 1. The van der Waals surface area contributed by atoms with Gasteiger partial charge >= 0.3 is 12.5 Å². The average Bonchev–Trinajstić information content (AvgIpc) is 2.58. The Morgan fingerprint density at radius 3 is 2.31 bits per heavy atom. The first-order chi connectivity index (χ1) is 13.4. The Hall–Kier alpha value is -2.42. The predicted octanol–water partition coefficient (Wildman–Crippen LogP) is 5.60. The molecule has 1 N–H and O–H groups in total. The van der Waals surface area contributed by atoms with Crippen LogP contribution in [0.25, 0.3) is 0 Å². The molecular formula is C20H21F6NO2. The van der Waals surface area contributed by atoms with Gasteiger partial charge in [0.2, 0.25) is 0 Å². The smallest absolute Gasteiger partial charge is 0.406 e. The molecule has 29 heavy (non-hydrogen) atoms. The van der Waals surface area contributed by atoms with Gasteiger partial charge in [0.25, 0.3) is 0 Å². The molecule has 0 aliphatic heterocycles. The van der Waals surface area contributed by atoms with E-state index in [0.29, 0.717) is 11.3 Å². The minimum Gasteiger partial charge on any atom is -0.406 e. The number of ether oxygens (including phenoxy) is 1. The third kappa shape index (κ3) is 7.84. The van der Waals surface area contributed by atoms with Gasteiger partial charge in [0.1, 0.15) is 11.9 Å². The fourth-order valence-electron chi connectivity index (χ4n) is 2.82. The number of aliphatic hydroxyl groups excluding tert-OH is 1. The summed E-state index contributed by atoms with van der Waals surface area (Å²) >= 11 is 0. The van der Waals surface area contributed by atoms with Crippen LogP contribution < -0.4 is 9.64 Å². The van der Waals surface area contributed by atoms with Crippen molar-refractivity contribution in [2.24, 2.45) is 0 Å². The van der Waals surface area contributed by atoms with Crippen LogP contribution in [0.1, 0.15) is 24.0 Å². The van der Waals surface area contributed by atoms with E-state index in [1.807, 2.05) is 19.1 Å². The third-order valence-corrected chi connectivity index (χ3v) is 4.16. The molecule has 0 spiro atoms. The van der Waals surface area contributed by atoms with E-state index in [1.165, 1.54) is 18.2 Å². The van der Waals surface area contributed by atoms with Gasteiger partial charge in [-0.1, -0.05) is 24.3 Å². The van der Waals surface area contributed by atoms with Gasteiger partial charge in [-0.2, -0.15) is 13.2 Å². The second-order valence-corrected chi connectivity index (χ2v) is 6.66. The van der Waals surface area contributed by atoms with Crippen molar-refractivity contribution in [3.05, 3.63) is 59.7 Å². The number of hydrogen-bond donors (Lipinski definition) is 1. The topological polar surface area (TPSA) is 32.7 Å². The molecule has 0 fully saturated rings. The summed E-state index contributed by atoms with van der Waals surface area (Å²) in [5.74, 6) is -0.369. The van der Waals surface area contributed by atoms with Gasteiger partial charge in [-0.3, -0.25) is 0 Å². The van der Waals surface area contributed by atoms with Gasteiger partial charge < -0.3 is 14.7 Å². The maximum Gasteiger partial charge on any atom is 0.573 e. The largest absolute Gasteiger partial charge is 0.573 e. The summed E-state index contributed by atoms with van der Waals surface area (Å²) in [5, 5.41) is 9.18. The Labute approximate surface area is 164 Å². The van der Waals surface area contributed by atoms with Gasteiger partial charge in [0.15, 0.2) is 0 Å². The highest BCUT2D eigenvalue weighted by atomic mass is 19.4. The van der Waals surface area contributed by atoms with Gasteiger partial charge in [-0.05, 0) is 55.2 Å². The molecule has 0 bridgehead atoms. The molecule has 0 aliphatic rings. The standard InChI is InChI=1S/C20H21F6NO2/c1-14-5-2-7-16(11-14)27(10-4-9-18(28)19(21,22)23)13-15-6-3-8-17(12-15)29-20(24,25)26/h2-3,5-8,11-12,18,28H,4,9-10,13H2,1H3. The fourth-order valence-corrected chi connectivity index (χ4v) is 2.82. The minimum atomic E-state index is -4.82. The summed E-state index contributed by atoms with van der Waals surface area (Å²) in [6.45, 7) is 2.20. The number of aryl methyl sites for hydroxylation is 1. The highest BCUT2D eigenvalue weighted by Crippen LogP contribution is 2.27. The zero-order chi connectivity index (χ0) is 21.7. The van der Waals surface area contributed by atoms with Crippen LogP contribution in [0.2, 0.25) is 0 Å². The van der Waals surface area contributed by atoms with Crippen molar-refractivity contribution in [3.8, 4) is 5.75 Å². The Kier molecular flexibility index (Phi) is 7.40. The van der Waals surface area contributed by atoms with Crippen LogP contribution in [0.4, 0.5) is 32.0 Å². The van der Waals surface area contributed by atoms with Crippen LogP contribution in [0.15, 0.2) is 48.5 Å². The molecule has 2 rings (SSSR count). The Morgan fingerprint density at radius 2 is 1.69 bits per heavy atom. The second kappa shape index (κ2) is 9.39. The molecule has 0 aromatic heterocycles. The average molecular weight is 421 g/mol. The lowest BCUT2D eigenvalue weighted by molar-refractivity contribution is -0.274. The molecule has 0 heterocycles. The van der Waals surface area contributed by atoms with Gasteiger partial charge in [0.05, 0.1) is 0 Å². The van der Waals surface area contributed by atoms with E-state index in [2.05, 4.69) is 4.74 Å². The molecule has 160 valence electrons. The molecule has 0 aliphatic carbocycles. The van der Waals surface area contributed by atoms with Crippen LogP contribution in [0.5, 0.6) is 5.75 Å². The predicted molar refractivity (Wildman–Crippen MR) is 96.6 cm³/mol. The van der Waals surface area contributed by atoms with E-state index < -0.39 is 25.1 Å². The fraction of sp³-hybridized carbons (Fsp3) is 0.400. The van der Waals surface area contributed by atoms with Crippen LogP contribution >= 0.6 is 0 Å². The molecular weight excluding hydrogens is 400 g/mol. The maximum atomic E-state index is 12.5. The molecule has 2 aromatic carbocycles. The van der Waals surface area contributed by atoms with Crippen molar-refractivity contribution in [2.45, 2.75) is 45.0 Å². The SMILES string of the molecule is Cc1cccc(N(CCCC(O)C(F)(F)F)Cc2cccc(OC(F)(F)F)c2)c1. The number of aliphatic hydroxyl groups is 1. The molecule has 9 heteroatoms. The van der Waals surface area contributed by atoms with Crippen LogP contribution in [0, 0.1) is 6.92 Å². The summed E-state index contributed by atoms with van der Waals surface area (Å²) in [6.07, 6.45) is -12.3. The van der Waals surface area contributed by atoms with E-state index in [1.54, 1.807) is 23.1 Å². The molecule has 1 unspecified atom stereocenters. The molecule has 0 saturated carbocycles. The molecule has 0 radical (unpaired) electrons. The number of hydrogen-bond acceptors (Lipinski definition) is 3. The maximum absolute atomic E-state index is 12.5. The minimum absolute atomic E-state index is 0.0490. The summed E-state index contributed by atoms with van der Waals surface area (Å²) < 4.78 is 78.7. The third-order valence-electron chi connectivity index (χ3n) is 4.16.